The molecule has 1 unspecified atom stereocenters. The fourth-order valence-corrected chi connectivity index (χ4v) is 11.2. The molecule has 24 nitrogen and oxygen atoms in total. The first-order chi connectivity index (χ1) is 44.7. The summed E-state index contributed by atoms with van der Waals surface area (Å²) in [7, 11) is 3.76. The molecule has 3 aromatic heterocycles. The van der Waals surface area contributed by atoms with Gasteiger partial charge in [0, 0.05) is 71.8 Å². The zero-order valence-electron chi connectivity index (χ0n) is 55.7. The van der Waals surface area contributed by atoms with Crippen LogP contribution < -0.4 is 40.3 Å². The van der Waals surface area contributed by atoms with E-state index in [-0.39, 0.29) is 30.9 Å². The Kier molecular flexibility index (Phi) is 34.6. The number of aryl methyl sites for hydroxylation is 10. The van der Waals surface area contributed by atoms with Crippen LogP contribution in [-0.4, -0.2) is 177 Å². The molecular weight excluding hydrogens is 1470 g/mol. The van der Waals surface area contributed by atoms with Gasteiger partial charge in [-0.05, 0) is 133 Å². The van der Waals surface area contributed by atoms with Crippen LogP contribution in [0.2, 0.25) is 0 Å². The first kappa shape index (κ1) is 79.3. The van der Waals surface area contributed by atoms with Crippen molar-refractivity contribution in [1.29, 1.82) is 0 Å². The van der Waals surface area contributed by atoms with Gasteiger partial charge in [0.15, 0.2) is 5.69 Å². The summed E-state index contributed by atoms with van der Waals surface area (Å²) >= 11 is 13.0. The monoisotopic (exact) mass is 1560 g/mol. The molecule has 0 fully saturated rings. The minimum absolute atomic E-state index is 0. The van der Waals surface area contributed by atoms with Gasteiger partial charge in [0.25, 0.3) is 5.69 Å². The second kappa shape index (κ2) is 41.0. The normalized spacial score (nSPS) is 13.9. The Bertz CT molecular complexity index is 3600. The van der Waals surface area contributed by atoms with E-state index in [1.165, 1.54) is 33.6 Å². The summed E-state index contributed by atoms with van der Waals surface area (Å²) in [4.78, 5) is 4.19. The number of aromatic nitrogens is 9. The zero-order chi connectivity index (χ0) is 66.1. The van der Waals surface area contributed by atoms with Gasteiger partial charge < -0.3 is 53.2 Å². The average Bonchev–Trinajstić information content (AvgIpc) is 1.58. The maximum absolute atomic E-state index is 5.74. The Morgan fingerprint density at radius 2 is 1.05 bits per heavy atom. The molecule has 7 aromatic rings. The van der Waals surface area contributed by atoms with Gasteiger partial charge in [-0.15, -0.1) is 20.0 Å². The van der Waals surface area contributed by atoms with Crippen LogP contribution in [0.25, 0.3) is 33.8 Å². The van der Waals surface area contributed by atoms with E-state index in [0.29, 0.717) is 79.3 Å². The van der Waals surface area contributed by atoms with E-state index in [1.54, 1.807) is 9.36 Å². The van der Waals surface area contributed by atoms with E-state index in [2.05, 4.69) is 243 Å². The number of halogens is 4. The molecule has 4 aromatic carbocycles. The predicted octanol–water partition coefficient (Wildman–Crippen LogP) is 5.34. The molecule has 0 spiro atoms. The van der Waals surface area contributed by atoms with Crippen LogP contribution >= 0.6 is 28.2 Å². The van der Waals surface area contributed by atoms with Crippen molar-refractivity contribution in [3.05, 3.63) is 112 Å². The summed E-state index contributed by atoms with van der Waals surface area (Å²) in [5, 5.41) is 41.6. The number of azo groups is 1. The van der Waals surface area contributed by atoms with Crippen molar-refractivity contribution in [2.75, 3.05) is 109 Å². The van der Waals surface area contributed by atoms with Crippen molar-refractivity contribution in [1.82, 2.24) is 50.5 Å². The van der Waals surface area contributed by atoms with Crippen LogP contribution in [0, 0.1) is 55.4 Å². The third-order valence-electron chi connectivity index (χ3n) is 15.0. The molecule has 94 heavy (non-hydrogen) atoms. The van der Waals surface area contributed by atoms with Crippen LogP contribution in [0.5, 0.6) is 0 Å². The number of nitrogens with zero attached hydrogens (tertiary/aromatic N) is 17. The molecule has 0 radical (unpaired) electrons. The van der Waals surface area contributed by atoms with E-state index in [0.717, 1.165) is 119 Å². The number of nitrogens with one attached hydrogen (secondary N) is 1. The Hall–Kier alpha value is -5.42. The van der Waals surface area contributed by atoms with E-state index in [1.807, 2.05) is 51.9 Å². The van der Waals surface area contributed by atoms with Crippen molar-refractivity contribution in [2.24, 2.45) is 29.5 Å². The topological polar surface area (TPSA) is 212 Å². The molecule has 520 valence electrons. The molecule has 0 amide bonds. The maximum atomic E-state index is 5.74. The van der Waals surface area contributed by atoms with E-state index in [4.69, 9.17) is 33.5 Å². The third kappa shape index (κ3) is 22.3. The third-order valence-corrected chi connectivity index (χ3v) is 15.0. The van der Waals surface area contributed by atoms with Gasteiger partial charge in [-0.1, -0.05) is 46.7 Å². The predicted molar refractivity (Wildman–Crippen MR) is 356 cm³/mol. The average molecular weight is 1560 g/mol. The van der Waals surface area contributed by atoms with Gasteiger partial charge >= 0.3 is 56.6 Å². The van der Waals surface area contributed by atoms with E-state index >= 15 is 0 Å². The summed E-state index contributed by atoms with van der Waals surface area (Å²) in [6, 6.07) is 17.4. The van der Waals surface area contributed by atoms with Crippen LogP contribution in [-0.2, 0) is 77.5 Å². The number of hydrogen-bond acceptors (Lipinski definition) is 18. The standard InChI is InChI=1S/C33H46N8O3.C31H43N10O3.2BrH.2ClH.2Cu/c1-7-11-42-13-15-44-16-14-43-12-8-29-21-41(37-34-29)30-19-26(4)33(27(5)20-30)40-10-9-39(23-40)32-24(2)17-28(18-25(32)3)31-22-38(6)36-35-31;1-7-9-42-11-13-44-14-12-43-10-8-39-20-29(34-36-39)26-17-22(2)15-24(4)30(26)40-21-32-41(37-40)31-25(5)16-23(3)18-27(31)28-19-38(6)35-33-28;;;;;;/h17-23,29H,7-16H2,1-6H3;15-20H,7-14,21H2,1-6H3,(H,32,37);4*1H;;/q+2;+1;;;;;2*+1/p-4. The van der Waals surface area contributed by atoms with Gasteiger partial charge in [-0.25, -0.2) is 19.2 Å². The summed E-state index contributed by atoms with van der Waals surface area (Å²) in [6.45, 7) is 31.4. The van der Waals surface area contributed by atoms with Crippen molar-refractivity contribution < 1.29 is 95.7 Å². The molecule has 0 bridgehead atoms. The number of anilines is 2. The Morgan fingerprint density at radius 1 is 0.553 bits per heavy atom. The first-order valence-electron chi connectivity index (χ1n) is 30.9. The van der Waals surface area contributed by atoms with Crippen molar-refractivity contribution in [3.63, 3.8) is 0 Å². The van der Waals surface area contributed by atoms with E-state index < -0.39 is 0 Å². The number of benzene rings is 4. The Balaban J connectivity index is 0.000000317. The molecule has 1 N–H and O–H groups in total. The molecular formula is C64H89Br2Cl2Cu2N18O6+. The molecule has 0 aliphatic carbocycles. The number of hydrazine groups is 2. The van der Waals surface area contributed by atoms with Gasteiger partial charge in [-0.2, -0.15) is 0 Å². The quantitative estimate of drug-likeness (QED) is 0.0342. The molecule has 30 heteroatoms. The summed E-state index contributed by atoms with van der Waals surface area (Å²) in [5.74, 6) is 0. The fraction of sp³-hybridized carbons (Fsp3) is 0.500. The van der Waals surface area contributed by atoms with Crippen molar-refractivity contribution >= 4 is 69.2 Å². The van der Waals surface area contributed by atoms with Crippen molar-refractivity contribution in [2.45, 2.75) is 101 Å². The summed E-state index contributed by atoms with van der Waals surface area (Å²) in [5.41, 5.74) is 23.8. The molecule has 1 atom stereocenters. The summed E-state index contributed by atoms with van der Waals surface area (Å²) < 4.78 is 42.9. The number of ether oxygens (including phenoxy) is 6. The molecule has 0 saturated heterocycles. The second-order valence-corrected chi connectivity index (χ2v) is 22.6. The van der Waals surface area contributed by atoms with Crippen LogP contribution in [0.3, 0.4) is 0 Å². The van der Waals surface area contributed by atoms with Gasteiger partial charge in [0.05, 0.1) is 107 Å². The van der Waals surface area contributed by atoms with Gasteiger partial charge in [-0.3, -0.25) is 9.36 Å². The van der Waals surface area contributed by atoms with Crippen LogP contribution in [0.1, 0.15) is 77.6 Å². The van der Waals surface area contributed by atoms with Crippen LogP contribution in [0.15, 0.2) is 82.6 Å². The molecule has 0 saturated carbocycles. The summed E-state index contributed by atoms with van der Waals surface area (Å²) in [6.07, 6.45) is 13.0. The van der Waals surface area contributed by atoms with Gasteiger partial charge in [0.2, 0.25) is 19.0 Å². The minimum atomic E-state index is 0. The molecule has 3 aliphatic rings. The number of hydrogen-bond donors (Lipinski definition) is 1. The zero-order valence-corrected chi connectivity index (χ0v) is 62.3. The van der Waals surface area contributed by atoms with Crippen LogP contribution in [0.4, 0.5) is 28.4 Å². The second-order valence-electron chi connectivity index (χ2n) is 22.6. The van der Waals surface area contributed by atoms with Gasteiger partial charge in [0.1, 0.15) is 53.0 Å². The van der Waals surface area contributed by atoms with E-state index in [9.17, 15) is 0 Å². The molecule has 3 aliphatic heterocycles. The van der Waals surface area contributed by atoms with Crippen molar-refractivity contribution in [3.8, 4) is 33.8 Å². The molecule has 10 rings (SSSR count). The fourth-order valence-electron chi connectivity index (χ4n) is 11.2. The Labute approximate surface area is 596 Å². The number of rotatable bonds is 30. The molecule has 6 heterocycles. The first-order valence-corrected chi connectivity index (χ1v) is 35.6. The SMILES string of the molecule is CCCOCCOCCOCCC1C=[N+](c2cc(C)c(N3C=[N+](c4c(C)cc(-c5cn(C)nn5)cc4C)CC3)c(C)c2)N=N1.CCCOCCOCCOCCn1cc(-c2cc(C)cc(C)c2N2CN=[N+](c3c(C)cc(C)cc3-c3cn(C)nn3)N2)nn1.[Cl-].[Cl-].[Cu][Br].[Cu][Br]. The Morgan fingerprint density at radius 3 is 1.63 bits per heavy atom.